The van der Waals surface area contributed by atoms with Crippen LogP contribution in [-0.4, -0.2) is 35.9 Å². The first kappa shape index (κ1) is 11.3. The Bertz CT molecular complexity index is 124. The molecule has 0 aromatic carbocycles. The Kier molecular flexibility index (Phi) is 5.83. The minimum atomic E-state index is -0.114. The van der Waals surface area contributed by atoms with Crippen molar-refractivity contribution in [2.45, 2.75) is 44.3 Å². The maximum Gasteiger partial charge on any atom is 0.0630 e. The summed E-state index contributed by atoms with van der Waals surface area (Å²) in [7, 11) is 0. The monoisotopic (exact) mass is 204 g/mol. The largest absolute Gasteiger partial charge is 0.392 e. The number of hydrogen-bond acceptors (Lipinski definition) is 3. The summed E-state index contributed by atoms with van der Waals surface area (Å²) in [6.07, 6.45) is 8.01. The number of aliphatic hydroxyl groups excluding tert-OH is 1. The van der Waals surface area contributed by atoms with Crippen molar-refractivity contribution in [3.8, 4) is 0 Å². The molecule has 2 atom stereocenters. The van der Waals surface area contributed by atoms with Crippen LogP contribution in [0, 0.1) is 0 Å². The fourth-order valence-electron chi connectivity index (χ4n) is 1.73. The van der Waals surface area contributed by atoms with Crippen molar-refractivity contribution in [3.63, 3.8) is 0 Å². The third-order valence-electron chi connectivity index (χ3n) is 2.45. The van der Waals surface area contributed by atoms with Crippen molar-refractivity contribution in [2.24, 2.45) is 0 Å². The first-order valence-electron chi connectivity index (χ1n) is 5.11. The Morgan fingerprint density at radius 2 is 2.46 bits per heavy atom. The van der Waals surface area contributed by atoms with E-state index in [4.69, 9.17) is 4.74 Å². The summed E-state index contributed by atoms with van der Waals surface area (Å²) in [5, 5.41) is 9.46. The second-order valence-electron chi connectivity index (χ2n) is 3.68. The molecule has 1 heterocycles. The molecule has 1 aliphatic heterocycles. The average Bonchev–Trinajstić information content (AvgIpc) is 2.57. The van der Waals surface area contributed by atoms with Gasteiger partial charge in [-0.3, -0.25) is 0 Å². The van der Waals surface area contributed by atoms with Gasteiger partial charge < -0.3 is 9.84 Å². The van der Waals surface area contributed by atoms with E-state index in [9.17, 15) is 5.11 Å². The summed E-state index contributed by atoms with van der Waals surface area (Å²) in [4.78, 5) is 0. The number of hydrogen-bond donors (Lipinski definition) is 1. The van der Waals surface area contributed by atoms with Gasteiger partial charge in [0, 0.05) is 12.4 Å². The lowest BCUT2D eigenvalue weighted by Gasteiger charge is -2.11. The summed E-state index contributed by atoms with van der Waals surface area (Å²) in [6.45, 7) is 0.942. The Morgan fingerprint density at radius 3 is 3.08 bits per heavy atom. The third kappa shape index (κ3) is 4.89. The molecule has 78 valence electrons. The fourth-order valence-corrected chi connectivity index (χ4v) is 2.28. The second-order valence-corrected chi connectivity index (χ2v) is 4.59. The van der Waals surface area contributed by atoms with Crippen LogP contribution in [0.4, 0.5) is 0 Å². The molecule has 0 spiro atoms. The van der Waals surface area contributed by atoms with Gasteiger partial charge in [0.15, 0.2) is 0 Å². The standard InChI is InChI=1S/C10H20O2S/c1-13-8-9(11)4-2-5-10-6-3-7-12-10/h9-11H,2-8H2,1H3. The lowest BCUT2D eigenvalue weighted by Crippen LogP contribution is -2.11. The molecule has 0 saturated carbocycles. The summed E-state index contributed by atoms with van der Waals surface area (Å²) in [5.41, 5.74) is 0. The molecule has 2 unspecified atom stereocenters. The number of thioether (sulfide) groups is 1. The highest BCUT2D eigenvalue weighted by atomic mass is 32.2. The highest BCUT2D eigenvalue weighted by molar-refractivity contribution is 7.98. The Hall–Kier alpha value is 0.270. The van der Waals surface area contributed by atoms with E-state index in [0.717, 1.165) is 31.6 Å². The van der Waals surface area contributed by atoms with Crippen LogP contribution in [0.15, 0.2) is 0 Å². The van der Waals surface area contributed by atoms with Crippen molar-refractivity contribution >= 4 is 11.8 Å². The van der Waals surface area contributed by atoms with Crippen molar-refractivity contribution in [1.82, 2.24) is 0 Å². The Labute approximate surface area is 85.0 Å². The zero-order valence-electron chi connectivity index (χ0n) is 8.37. The van der Waals surface area contributed by atoms with Crippen molar-refractivity contribution in [2.75, 3.05) is 18.6 Å². The van der Waals surface area contributed by atoms with Gasteiger partial charge in [-0.05, 0) is 38.4 Å². The van der Waals surface area contributed by atoms with Gasteiger partial charge in [-0.25, -0.2) is 0 Å². The minimum absolute atomic E-state index is 0.114. The van der Waals surface area contributed by atoms with Crippen molar-refractivity contribution in [1.29, 1.82) is 0 Å². The second kappa shape index (κ2) is 6.68. The summed E-state index contributed by atoms with van der Waals surface area (Å²) in [5.74, 6) is 0.867. The van der Waals surface area contributed by atoms with Gasteiger partial charge in [-0.1, -0.05) is 0 Å². The molecule has 0 bridgehead atoms. The maximum absolute atomic E-state index is 9.46. The average molecular weight is 204 g/mol. The topological polar surface area (TPSA) is 29.5 Å². The van der Waals surface area contributed by atoms with Crippen LogP contribution >= 0.6 is 11.8 Å². The number of rotatable bonds is 6. The van der Waals surface area contributed by atoms with Crippen molar-refractivity contribution in [3.05, 3.63) is 0 Å². The van der Waals surface area contributed by atoms with E-state index in [1.807, 2.05) is 6.26 Å². The van der Waals surface area contributed by atoms with Gasteiger partial charge in [0.05, 0.1) is 12.2 Å². The molecule has 13 heavy (non-hydrogen) atoms. The summed E-state index contributed by atoms with van der Waals surface area (Å²) >= 11 is 1.71. The Balaban J connectivity index is 1.93. The quantitative estimate of drug-likeness (QED) is 0.718. The van der Waals surface area contributed by atoms with Crippen LogP contribution in [0.1, 0.15) is 32.1 Å². The summed E-state index contributed by atoms with van der Waals surface area (Å²) in [6, 6.07) is 0. The van der Waals surface area contributed by atoms with E-state index in [-0.39, 0.29) is 6.10 Å². The molecule has 1 saturated heterocycles. The number of ether oxygens (including phenoxy) is 1. The van der Waals surface area contributed by atoms with Crippen LogP contribution in [0.5, 0.6) is 0 Å². The zero-order valence-corrected chi connectivity index (χ0v) is 9.18. The van der Waals surface area contributed by atoms with Gasteiger partial charge >= 0.3 is 0 Å². The molecule has 1 N–H and O–H groups in total. The molecule has 0 amide bonds. The molecule has 3 heteroatoms. The van der Waals surface area contributed by atoms with E-state index in [0.29, 0.717) is 6.10 Å². The highest BCUT2D eigenvalue weighted by Gasteiger charge is 2.15. The fraction of sp³-hybridized carbons (Fsp3) is 1.00. The van der Waals surface area contributed by atoms with E-state index < -0.39 is 0 Å². The van der Waals surface area contributed by atoms with Gasteiger partial charge in [0.2, 0.25) is 0 Å². The molecule has 2 nitrogen and oxygen atoms in total. The molecular weight excluding hydrogens is 184 g/mol. The molecule has 0 aliphatic carbocycles. The lowest BCUT2D eigenvalue weighted by atomic mass is 10.1. The SMILES string of the molecule is CSCC(O)CCCC1CCCO1. The molecular formula is C10H20O2S. The summed E-state index contributed by atoms with van der Waals surface area (Å²) < 4.78 is 5.51. The molecule has 1 fully saturated rings. The first-order chi connectivity index (χ1) is 6.33. The van der Waals surface area contributed by atoms with Crippen LogP contribution in [-0.2, 0) is 4.74 Å². The maximum atomic E-state index is 9.46. The highest BCUT2D eigenvalue weighted by Crippen LogP contribution is 2.18. The van der Waals surface area contributed by atoms with Crippen LogP contribution in [0.3, 0.4) is 0 Å². The Morgan fingerprint density at radius 1 is 1.62 bits per heavy atom. The predicted molar refractivity (Wildman–Crippen MR) is 57.2 cm³/mol. The van der Waals surface area contributed by atoms with Crippen LogP contribution in [0.25, 0.3) is 0 Å². The molecule has 1 rings (SSSR count). The predicted octanol–water partition coefficient (Wildman–Crippen LogP) is 2.06. The van der Waals surface area contributed by atoms with Crippen LogP contribution < -0.4 is 0 Å². The van der Waals surface area contributed by atoms with Crippen LogP contribution in [0.2, 0.25) is 0 Å². The van der Waals surface area contributed by atoms with Gasteiger partial charge in [-0.15, -0.1) is 0 Å². The van der Waals surface area contributed by atoms with E-state index in [2.05, 4.69) is 0 Å². The molecule has 0 aromatic heterocycles. The van der Waals surface area contributed by atoms with E-state index in [1.54, 1.807) is 11.8 Å². The van der Waals surface area contributed by atoms with Gasteiger partial charge in [-0.2, -0.15) is 11.8 Å². The van der Waals surface area contributed by atoms with Crippen molar-refractivity contribution < 1.29 is 9.84 Å². The smallest absolute Gasteiger partial charge is 0.0630 e. The normalized spacial score (nSPS) is 24.9. The molecule has 0 radical (unpaired) electrons. The molecule has 1 aliphatic rings. The third-order valence-corrected chi connectivity index (χ3v) is 3.16. The first-order valence-corrected chi connectivity index (χ1v) is 6.51. The lowest BCUT2D eigenvalue weighted by molar-refractivity contribution is 0.0966. The minimum Gasteiger partial charge on any atom is -0.392 e. The zero-order chi connectivity index (χ0) is 9.52. The van der Waals surface area contributed by atoms with Gasteiger partial charge in [0.1, 0.15) is 0 Å². The van der Waals surface area contributed by atoms with E-state index in [1.165, 1.54) is 12.8 Å². The number of aliphatic hydroxyl groups is 1. The van der Waals surface area contributed by atoms with Gasteiger partial charge in [0.25, 0.3) is 0 Å². The molecule has 0 aromatic rings. The van der Waals surface area contributed by atoms with E-state index >= 15 is 0 Å².